The standard InChI is InChI=1S/C6H4.CHClN2/c1-2-6-4-3-5(1)6;2-4-1-3/h1-4H;4H. The van der Waals surface area contributed by atoms with E-state index in [1.54, 1.807) is 4.84 Å². The van der Waals surface area contributed by atoms with E-state index in [9.17, 15) is 0 Å². The predicted molar refractivity (Wildman–Crippen MR) is 38.7 cm³/mol. The fourth-order valence-corrected chi connectivity index (χ4v) is 0.663. The van der Waals surface area contributed by atoms with E-state index < -0.39 is 0 Å². The molecule has 2 aliphatic rings. The molecule has 0 heterocycles. The van der Waals surface area contributed by atoms with Gasteiger partial charge >= 0.3 is 0 Å². The maximum atomic E-state index is 7.38. The van der Waals surface area contributed by atoms with E-state index >= 15 is 0 Å². The topological polar surface area (TPSA) is 35.8 Å². The highest BCUT2D eigenvalue weighted by molar-refractivity contribution is 6.14. The van der Waals surface area contributed by atoms with Crippen LogP contribution < -0.4 is 4.84 Å². The largest absolute Gasteiger partial charge is 0.235 e. The Labute approximate surface area is 63.5 Å². The van der Waals surface area contributed by atoms with Gasteiger partial charge in [0.15, 0.2) is 6.19 Å². The molecule has 0 aliphatic heterocycles. The molecule has 0 spiro atoms. The lowest BCUT2D eigenvalue weighted by Crippen LogP contribution is -1.80. The molecule has 0 atom stereocenters. The molecule has 0 amide bonds. The molecule has 50 valence electrons. The molecule has 1 N–H and O–H groups in total. The van der Waals surface area contributed by atoms with Crippen molar-refractivity contribution in [2.75, 3.05) is 0 Å². The summed E-state index contributed by atoms with van der Waals surface area (Å²) in [5, 5.41) is 10.2. The van der Waals surface area contributed by atoms with E-state index in [2.05, 4.69) is 36.0 Å². The van der Waals surface area contributed by atoms with Gasteiger partial charge in [-0.15, -0.1) is 0 Å². The Bertz CT molecular complexity index is 289. The lowest BCUT2D eigenvalue weighted by Gasteiger charge is -1.95. The van der Waals surface area contributed by atoms with Crippen LogP contribution in [0.5, 0.6) is 0 Å². The Hall–Kier alpha value is -1.20. The first kappa shape index (κ1) is 6.91. The van der Waals surface area contributed by atoms with Gasteiger partial charge in [0.25, 0.3) is 0 Å². The summed E-state index contributed by atoms with van der Waals surface area (Å²) in [5.41, 5.74) is 0. The van der Waals surface area contributed by atoms with Crippen molar-refractivity contribution in [3.63, 3.8) is 0 Å². The van der Waals surface area contributed by atoms with E-state index in [4.69, 9.17) is 5.26 Å². The van der Waals surface area contributed by atoms with Crippen LogP contribution in [-0.4, -0.2) is 0 Å². The Kier molecular flexibility index (Phi) is 2.14. The Morgan fingerprint density at radius 1 is 1.20 bits per heavy atom. The number of benzene rings is 1. The van der Waals surface area contributed by atoms with Crippen LogP contribution >= 0.6 is 11.8 Å². The van der Waals surface area contributed by atoms with E-state index in [1.807, 2.05) is 0 Å². The number of nitrogens with one attached hydrogen (secondary N) is 1. The molecule has 0 bridgehead atoms. The molecule has 0 radical (unpaired) electrons. The van der Waals surface area contributed by atoms with E-state index in [-0.39, 0.29) is 0 Å². The van der Waals surface area contributed by atoms with Crippen LogP contribution in [0.25, 0.3) is 0 Å². The van der Waals surface area contributed by atoms with Crippen LogP contribution in [0.4, 0.5) is 0 Å². The fourth-order valence-electron chi connectivity index (χ4n) is 0.663. The highest BCUT2D eigenvalue weighted by atomic mass is 35.5. The lowest BCUT2D eigenvalue weighted by atomic mass is 10.1. The van der Waals surface area contributed by atoms with Gasteiger partial charge in [0.1, 0.15) is 0 Å². The third-order valence-electron chi connectivity index (χ3n) is 1.26. The Balaban J connectivity index is 0.000000112. The van der Waals surface area contributed by atoms with Crippen molar-refractivity contribution < 1.29 is 0 Å². The number of hydrogen-bond acceptors (Lipinski definition) is 2. The molecule has 0 saturated heterocycles. The highest BCUT2D eigenvalue weighted by Crippen LogP contribution is 2.04. The second kappa shape index (κ2) is 3.09. The molecule has 0 saturated carbocycles. The second-order valence-corrected chi connectivity index (χ2v) is 1.97. The molecule has 0 unspecified atom stereocenters. The van der Waals surface area contributed by atoms with Crippen molar-refractivity contribution in [3.05, 3.63) is 34.7 Å². The van der Waals surface area contributed by atoms with Crippen molar-refractivity contribution in [1.29, 1.82) is 5.26 Å². The number of hydrogen-bond donors (Lipinski definition) is 1. The average molecular weight is 153 g/mol. The third kappa shape index (κ3) is 1.20. The molecule has 0 aromatic carbocycles. The van der Waals surface area contributed by atoms with Crippen molar-refractivity contribution >= 4 is 11.8 Å². The van der Waals surface area contributed by atoms with Crippen LogP contribution in [0, 0.1) is 21.9 Å². The van der Waals surface area contributed by atoms with Crippen molar-refractivity contribution in [3.8, 4) is 6.19 Å². The number of nitriles is 1. The van der Waals surface area contributed by atoms with Crippen LogP contribution in [0.3, 0.4) is 0 Å². The minimum absolute atomic E-state index is 1.43. The second-order valence-electron chi connectivity index (χ2n) is 1.78. The first-order valence-electron chi connectivity index (χ1n) is 2.73. The van der Waals surface area contributed by atoms with Gasteiger partial charge in [0.05, 0.1) is 0 Å². The van der Waals surface area contributed by atoms with Gasteiger partial charge in [0.2, 0.25) is 0 Å². The minimum Gasteiger partial charge on any atom is -0.235 e. The minimum atomic E-state index is 1.43. The molecule has 0 aromatic rings. The molecule has 2 rings (SSSR count). The summed E-state index contributed by atoms with van der Waals surface area (Å²) >= 11 is 4.57. The molecule has 10 heavy (non-hydrogen) atoms. The highest BCUT2D eigenvalue weighted by Gasteiger charge is 1.88. The van der Waals surface area contributed by atoms with Gasteiger partial charge in [-0.2, -0.15) is 5.26 Å². The third-order valence-corrected chi connectivity index (χ3v) is 1.35. The smallest absolute Gasteiger partial charge is 0.192 e. The monoisotopic (exact) mass is 152 g/mol. The average Bonchev–Trinajstić information content (AvgIpc) is 1.97. The number of nitrogens with zero attached hydrogens (tertiary/aromatic N) is 1. The van der Waals surface area contributed by atoms with Gasteiger partial charge in [-0.05, 0) is 10.4 Å². The lowest BCUT2D eigenvalue weighted by molar-refractivity contribution is 1.35. The first-order valence-corrected chi connectivity index (χ1v) is 3.11. The summed E-state index contributed by atoms with van der Waals surface area (Å²) in [6.45, 7) is 0. The zero-order valence-corrected chi connectivity index (χ0v) is 5.89. The molecular formula is C7H5ClN2. The van der Waals surface area contributed by atoms with Crippen LogP contribution in [0.2, 0.25) is 0 Å². The summed E-state index contributed by atoms with van der Waals surface area (Å²) in [6.07, 6.45) is 1.45. The molecule has 2 aliphatic carbocycles. The SMILES string of the molecule is N#CNCl.c1cc2ccc1=2. The Morgan fingerprint density at radius 2 is 1.50 bits per heavy atom. The molecule has 0 fully saturated rings. The van der Waals surface area contributed by atoms with E-state index in [0.717, 1.165) is 0 Å². The van der Waals surface area contributed by atoms with Gasteiger partial charge in [-0.3, -0.25) is 0 Å². The van der Waals surface area contributed by atoms with Gasteiger partial charge in [0, 0.05) is 11.8 Å². The number of halogens is 1. The first-order chi connectivity index (χ1) is 4.88. The van der Waals surface area contributed by atoms with Gasteiger partial charge in [-0.25, -0.2) is 4.84 Å². The molecule has 2 nitrogen and oxygen atoms in total. The maximum absolute atomic E-state index is 7.38. The summed E-state index contributed by atoms with van der Waals surface area (Å²) in [6, 6.07) is 8.48. The fraction of sp³-hybridized carbons (Fsp3) is 0. The van der Waals surface area contributed by atoms with Crippen LogP contribution in [0.1, 0.15) is 0 Å². The van der Waals surface area contributed by atoms with Crippen LogP contribution in [0.15, 0.2) is 24.3 Å². The zero-order chi connectivity index (χ0) is 7.40. The molecule has 0 aromatic heterocycles. The van der Waals surface area contributed by atoms with Gasteiger partial charge in [-0.1, -0.05) is 24.3 Å². The normalized spacial score (nSPS) is 8.40. The molecular weight excluding hydrogens is 148 g/mol. The van der Waals surface area contributed by atoms with E-state index in [0.29, 0.717) is 0 Å². The van der Waals surface area contributed by atoms with Gasteiger partial charge < -0.3 is 0 Å². The molecule has 3 heteroatoms. The zero-order valence-electron chi connectivity index (χ0n) is 5.13. The summed E-state index contributed by atoms with van der Waals surface area (Å²) in [7, 11) is 0. The Morgan fingerprint density at radius 3 is 1.50 bits per heavy atom. The van der Waals surface area contributed by atoms with Crippen LogP contribution in [-0.2, 0) is 0 Å². The van der Waals surface area contributed by atoms with Crippen molar-refractivity contribution in [2.24, 2.45) is 0 Å². The summed E-state index contributed by atoms with van der Waals surface area (Å²) < 4.78 is 0. The predicted octanol–water partition coefficient (Wildman–Crippen LogP) is 1.50. The quantitative estimate of drug-likeness (QED) is 0.353. The van der Waals surface area contributed by atoms with Crippen molar-refractivity contribution in [2.45, 2.75) is 0 Å². The van der Waals surface area contributed by atoms with Crippen molar-refractivity contribution in [1.82, 2.24) is 4.84 Å². The number of rotatable bonds is 0. The summed E-state index contributed by atoms with van der Waals surface area (Å²) in [5.74, 6) is 0. The van der Waals surface area contributed by atoms with E-state index in [1.165, 1.54) is 16.6 Å². The maximum Gasteiger partial charge on any atom is 0.192 e. The summed E-state index contributed by atoms with van der Waals surface area (Å²) in [4.78, 5) is 1.71.